The van der Waals surface area contributed by atoms with Crippen LogP contribution >= 0.6 is 11.3 Å². The van der Waals surface area contributed by atoms with Crippen molar-refractivity contribution >= 4 is 46.6 Å². The number of fused-ring (bicyclic) bond motifs is 2. The molecule has 0 radical (unpaired) electrons. The van der Waals surface area contributed by atoms with Gasteiger partial charge in [-0.15, -0.1) is 11.3 Å². The molecule has 9 rings (SSSR count). The van der Waals surface area contributed by atoms with Crippen molar-refractivity contribution < 1.29 is 47.3 Å². The molecule has 5 aromatic rings. The summed E-state index contributed by atoms with van der Waals surface area (Å²) in [6.45, 7) is 12.4. The van der Waals surface area contributed by atoms with Gasteiger partial charge in [-0.1, -0.05) is 82.3 Å². The second kappa shape index (κ2) is 21.7. The minimum absolute atomic E-state index is 0.0243. The molecule has 1 saturated carbocycles. The number of rotatable bonds is 20. The topological polar surface area (TPSA) is 226 Å². The molecule has 2 aliphatic carbocycles. The van der Waals surface area contributed by atoms with Crippen LogP contribution in [0.15, 0.2) is 72.5 Å². The van der Waals surface area contributed by atoms with E-state index in [0.29, 0.717) is 30.0 Å². The molecular weight excluding hydrogens is 987 g/mol. The molecule has 0 spiro atoms. The molecule has 3 fully saturated rings. The van der Waals surface area contributed by atoms with Crippen LogP contribution in [-0.4, -0.2) is 140 Å². The number of carbonyl (C=O) groups excluding carboxylic acids is 5. The number of nitrogens with zero attached hydrogens (tertiary/aromatic N) is 6. The lowest BCUT2D eigenvalue weighted by Crippen LogP contribution is -2.58. The van der Waals surface area contributed by atoms with E-state index in [2.05, 4.69) is 36.2 Å². The van der Waals surface area contributed by atoms with E-state index in [1.807, 2.05) is 89.2 Å². The summed E-state index contributed by atoms with van der Waals surface area (Å²) in [7, 11) is 0. The number of benzene rings is 2. The van der Waals surface area contributed by atoms with Gasteiger partial charge < -0.3 is 40.3 Å². The maximum Gasteiger partial charge on any atom is 0.276 e. The molecule has 5 heterocycles. The number of aliphatic hydroxyl groups excluding tert-OH is 1. The smallest absolute Gasteiger partial charge is 0.276 e. The first-order valence-corrected chi connectivity index (χ1v) is 26.5. The number of thiazole rings is 1. The third-order valence-corrected chi connectivity index (χ3v) is 16.3. The number of alkyl halides is 2. The molecule has 3 aromatic heterocycles. The van der Waals surface area contributed by atoms with Crippen molar-refractivity contribution in [2.75, 3.05) is 51.4 Å². The van der Waals surface area contributed by atoms with Gasteiger partial charge in [0.15, 0.2) is 5.69 Å². The van der Waals surface area contributed by atoms with E-state index in [4.69, 9.17) is 9.47 Å². The number of ether oxygens (including phenoxy) is 2. The van der Waals surface area contributed by atoms with Crippen molar-refractivity contribution in [3.63, 3.8) is 0 Å². The molecule has 0 bridgehead atoms. The zero-order chi connectivity index (χ0) is 53.4. The van der Waals surface area contributed by atoms with Crippen LogP contribution in [-0.2, 0) is 41.5 Å². The zero-order valence-electron chi connectivity index (χ0n) is 43.1. The number of carbonyl (C=O) groups is 5. The number of hydrogen-bond acceptors (Lipinski definition) is 12. The SMILES string of the molecule is Cc1ncsc1-c1ccc(C(C)NC(=O)[C@@H]2C[C@@H](O)CN2C(=O)C(NC(=O)CCOCCOCCC(=O)N2CC(C(c3ccccc3)n3cc(NC(=O)c4n[nH]c5c4C[C@@H]4C(F)(F)[C@]4(C)C5)cn3)C2)C(C)(C)C)cc1. The molecule has 5 amide bonds. The first-order valence-electron chi connectivity index (χ1n) is 25.6. The van der Waals surface area contributed by atoms with Crippen molar-refractivity contribution in [2.45, 2.75) is 110 Å². The van der Waals surface area contributed by atoms with Crippen LogP contribution in [0.1, 0.15) is 105 Å². The number of β-amino-alcohol motifs (C(OH)–C–C–N with tert-alkyl or cyclic N) is 1. The number of aromatic nitrogens is 5. The maximum atomic E-state index is 14.5. The number of halogens is 2. The summed E-state index contributed by atoms with van der Waals surface area (Å²) < 4.78 is 42.1. The number of aliphatic hydroxyl groups is 1. The molecule has 2 aromatic carbocycles. The number of likely N-dealkylation sites (tertiary alicyclic amines) is 2. The van der Waals surface area contributed by atoms with Crippen molar-refractivity contribution in [2.24, 2.45) is 22.7 Å². The van der Waals surface area contributed by atoms with Crippen LogP contribution in [0.4, 0.5) is 14.5 Å². The fourth-order valence-electron chi connectivity index (χ4n) is 10.8. The Bertz CT molecular complexity index is 2880. The summed E-state index contributed by atoms with van der Waals surface area (Å²) >= 11 is 1.56. The van der Waals surface area contributed by atoms with E-state index in [1.54, 1.807) is 39.5 Å². The van der Waals surface area contributed by atoms with Crippen LogP contribution in [0.25, 0.3) is 10.4 Å². The van der Waals surface area contributed by atoms with E-state index in [-0.39, 0.29) is 101 Å². The second-order valence-corrected chi connectivity index (χ2v) is 22.5. The molecule has 4 aliphatic rings. The molecule has 21 heteroatoms. The Morgan fingerprint density at radius 2 is 1.65 bits per heavy atom. The van der Waals surface area contributed by atoms with E-state index in [9.17, 15) is 37.9 Å². The highest BCUT2D eigenvalue weighted by molar-refractivity contribution is 7.13. The summed E-state index contributed by atoms with van der Waals surface area (Å²) in [6.07, 6.45) is 2.81. The lowest BCUT2D eigenvalue weighted by molar-refractivity contribution is -0.144. The predicted octanol–water partition coefficient (Wildman–Crippen LogP) is 5.89. The lowest BCUT2D eigenvalue weighted by Gasteiger charge is -2.43. The Balaban J connectivity index is 0.682. The quantitative estimate of drug-likeness (QED) is 0.0578. The Labute approximate surface area is 438 Å². The van der Waals surface area contributed by atoms with Crippen molar-refractivity contribution in [3.8, 4) is 10.4 Å². The number of amides is 5. The fourth-order valence-corrected chi connectivity index (χ4v) is 11.6. The van der Waals surface area contributed by atoms with Crippen LogP contribution in [0.2, 0.25) is 0 Å². The van der Waals surface area contributed by atoms with Crippen LogP contribution in [0.3, 0.4) is 0 Å². The summed E-state index contributed by atoms with van der Waals surface area (Å²) in [4.78, 5) is 76.1. The Kier molecular flexibility index (Phi) is 15.4. The summed E-state index contributed by atoms with van der Waals surface area (Å²) in [5.74, 6) is -5.37. The van der Waals surface area contributed by atoms with E-state index < -0.39 is 58.6 Å². The third kappa shape index (κ3) is 11.3. The fraction of sp³-hybridized carbons (Fsp3) is 0.519. The van der Waals surface area contributed by atoms with E-state index >= 15 is 0 Å². The molecule has 5 N–H and O–H groups in total. The Morgan fingerprint density at radius 1 is 0.947 bits per heavy atom. The minimum Gasteiger partial charge on any atom is -0.391 e. The molecule has 3 unspecified atom stereocenters. The van der Waals surface area contributed by atoms with Gasteiger partial charge in [0.1, 0.15) is 12.1 Å². The average molecular weight is 1050 g/mol. The summed E-state index contributed by atoms with van der Waals surface area (Å²) in [5.41, 5.74) is 5.48. The van der Waals surface area contributed by atoms with Gasteiger partial charge in [-0.25, -0.2) is 13.8 Å². The van der Waals surface area contributed by atoms with E-state index in [1.165, 1.54) is 11.1 Å². The highest BCUT2D eigenvalue weighted by Gasteiger charge is 2.78. The van der Waals surface area contributed by atoms with Gasteiger partial charge in [-0.3, -0.25) is 33.8 Å². The number of aromatic amines is 1. The van der Waals surface area contributed by atoms with Gasteiger partial charge in [-0.05, 0) is 42.4 Å². The van der Waals surface area contributed by atoms with Crippen LogP contribution < -0.4 is 16.0 Å². The van der Waals surface area contributed by atoms with Gasteiger partial charge >= 0.3 is 0 Å². The Morgan fingerprint density at radius 3 is 2.33 bits per heavy atom. The largest absolute Gasteiger partial charge is 0.391 e. The number of H-pyrrole nitrogens is 1. The number of nitrogens with one attached hydrogen (secondary N) is 4. The van der Waals surface area contributed by atoms with Crippen molar-refractivity contribution in [1.29, 1.82) is 0 Å². The molecule has 2 aliphatic heterocycles. The average Bonchev–Trinajstić information content (AvgIpc) is 4.18. The van der Waals surface area contributed by atoms with Gasteiger partial charge in [0.05, 0.1) is 79.0 Å². The van der Waals surface area contributed by atoms with Crippen LogP contribution in [0, 0.1) is 29.6 Å². The molecule has 400 valence electrons. The minimum atomic E-state index is -2.77. The standard InChI is InChI=1S/C54H66F2N10O8S/c1-31(33-12-14-35(15-13-33)47-32(2)57-30-75-47)59-49(70)41-22-38(67)29-65(41)51(72)48(52(3,4)5)61-43(68)16-18-73-20-21-74-19-17-44(69)64-26-36(27-64)46(34-10-8-7-9-11-34)66-28-37(25-58-66)60-50(71)45-39-23-42-53(6,54(42,55)56)24-40(39)62-63-45/h7-15,25,28,30-31,36,38,41-42,46,48,67H,16-24,26-27,29H2,1-6H3,(H,59,70)(H,60,71)(H,61,68)(H,62,63)/t31?,38-,41+,42+,46?,48?,53-/m1/s1. The number of aryl methyl sites for hydroxylation is 1. The molecule has 75 heavy (non-hydrogen) atoms. The molecule has 7 atom stereocenters. The van der Waals surface area contributed by atoms with Gasteiger partial charge in [0, 0.05) is 73.6 Å². The van der Waals surface area contributed by atoms with E-state index in [0.717, 1.165) is 27.3 Å². The first-order chi connectivity index (χ1) is 35.7. The lowest BCUT2D eigenvalue weighted by atomic mass is 9.85. The highest BCUT2D eigenvalue weighted by Crippen LogP contribution is 2.70. The highest BCUT2D eigenvalue weighted by atomic mass is 32.1. The Hall–Kier alpha value is -6.42. The predicted molar refractivity (Wildman–Crippen MR) is 275 cm³/mol. The summed E-state index contributed by atoms with van der Waals surface area (Å²) in [6, 6.07) is 15.2. The molecular formula is C54H66F2N10O8S. The van der Waals surface area contributed by atoms with Gasteiger partial charge in [0.2, 0.25) is 23.6 Å². The van der Waals surface area contributed by atoms with Crippen LogP contribution in [0.5, 0.6) is 0 Å². The van der Waals surface area contributed by atoms with Crippen molar-refractivity contribution in [3.05, 3.63) is 106 Å². The second-order valence-electron chi connectivity index (χ2n) is 21.7. The molecule has 2 saturated heterocycles. The van der Waals surface area contributed by atoms with Gasteiger partial charge in [-0.2, -0.15) is 10.2 Å². The maximum absolute atomic E-state index is 14.5. The summed E-state index contributed by atoms with van der Waals surface area (Å²) in [5, 5.41) is 31.0. The molecule has 18 nitrogen and oxygen atoms in total. The number of hydrogen-bond donors (Lipinski definition) is 5. The first kappa shape index (κ1) is 53.4. The van der Waals surface area contributed by atoms with Crippen molar-refractivity contribution in [1.82, 2.24) is 45.4 Å². The zero-order valence-corrected chi connectivity index (χ0v) is 43.9. The normalized spacial score (nSPS) is 22.1. The number of anilines is 1. The van der Waals surface area contributed by atoms with Gasteiger partial charge in [0.25, 0.3) is 11.8 Å². The monoisotopic (exact) mass is 1050 g/mol. The third-order valence-electron chi connectivity index (χ3n) is 15.4.